The maximum atomic E-state index is 9.69. The smallest absolute Gasteiger partial charge is 0.0897 e. The van der Waals surface area contributed by atoms with Crippen LogP contribution in [0.1, 0.15) is 53.4 Å². The van der Waals surface area contributed by atoms with E-state index in [0.29, 0.717) is 19.2 Å². The Morgan fingerprint density at radius 2 is 1.88 bits per heavy atom. The molecule has 2 unspecified atom stereocenters. The summed E-state index contributed by atoms with van der Waals surface area (Å²) in [7, 11) is 0. The summed E-state index contributed by atoms with van der Waals surface area (Å²) in [5.41, 5.74) is 0. The van der Waals surface area contributed by atoms with Crippen LogP contribution in [0.25, 0.3) is 0 Å². The Kier molecular flexibility index (Phi) is 10.9. The minimum atomic E-state index is -0.381. The Bertz CT molecular complexity index is 162. The molecule has 0 radical (unpaired) electrons. The van der Waals surface area contributed by atoms with Crippen LogP contribution in [0.2, 0.25) is 0 Å². The first-order chi connectivity index (χ1) is 8.06. The van der Waals surface area contributed by atoms with Crippen molar-refractivity contribution in [1.82, 2.24) is 5.32 Å². The van der Waals surface area contributed by atoms with Crippen LogP contribution < -0.4 is 5.32 Å². The second-order valence-electron chi connectivity index (χ2n) is 5.36. The van der Waals surface area contributed by atoms with Gasteiger partial charge in [0.1, 0.15) is 0 Å². The topological polar surface area (TPSA) is 41.5 Å². The quantitative estimate of drug-likeness (QED) is 0.550. The van der Waals surface area contributed by atoms with Gasteiger partial charge in [0, 0.05) is 19.2 Å². The van der Waals surface area contributed by atoms with Crippen LogP contribution in [0, 0.1) is 5.92 Å². The maximum Gasteiger partial charge on any atom is 0.0897 e. The summed E-state index contributed by atoms with van der Waals surface area (Å²) in [6.45, 7) is 10.6. The monoisotopic (exact) mass is 245 g/mol. The molecule has 0 bridgehead atoms. The van der Waals surface area contributed by atoms with E-state index in [4.69, 9.17) is 4.74 Å². The van der Waals surface area contributed by atoms with Gasteiger partial charge in [-0.05, 0) is 32.1 Å². The molecule has 17 heavy (non-hydrogen) atoms. The fraction of sp³-hybridized carbons (Fsp3) is 1.00. The highest BCUT2D eigenvalue weighted by Gasteiger charge is 2.07. The zero-order valence-corrected chi connectivity index (χ0v) is 12.0. The first kappa shape index (κ1) is 16.9. The van der Waals surface area contributed by atoms with E-state index in [2.05, 4.69) is 33.0 Å². The van der Waals surface area contributed by atoms with E-state index >= 15 is 0 Å². The lowest BCUT2D eigenvalue weighted by atomic mass is 10.0. The standard InChI is InChI=1S/C14H31NO2/c1-5-6-9-17-11-14(16)10-15-13(4)8-7-12(2)3/h12-16H,5-11H2,1-4H3. The Morgan fingerprint density at radius 3 is 2.47 bits per heavy atom. The molecule has 0 aromatic carbocycles. The van der Waals surface area contributed by atoms with Crippen LogP contribution in [0.15, 0.2) is 0 Å². The number of hydrogen-bond donors (Lipinski definition) is 2. The van der Waals surface area contributed by atoms with Crippen LogP contribution in [-0.2, 0) is 4.74 Å². The Balaban J connectivity index is 3.38. The van der Waals surface area contributed by atoms with Gasteiger partial charge in [0.25, 0.3) is 0 Å². The molecule has 0 aromatic rings. The summed E-state index contributed by atoms with van der Waals surface area (Å²) < 4.78 is 5.38. The highest BCUT2D eigenvalue weighted by molar-refractivity contribution is 4.65. The summed E-state index contributed by atoms with van der Waals surface area (Å²) in [6.07, 6.45) is 4.23. The minimum Gasteiger partial charge on any atom is -0.389 e. The number of nitrogens with one attached hydrogen (secondary N) is 1. The van der Waals surface area contributed by atoms with Crippen molar-refractivity contribution in [3.8, 4) is 0 Å². The molecule has 0 saturated carbocycles. The van der Waals surface area contributed by atoms with Crippen LogP contribution in [0.4, 0.5) is 0 Å². The number of unbranched alkanes of at least 4 members (excludes halogenated alkanes) is 1. The largest absolute Gasteiger partial charge is 0.389 e. The molecule has 3 nitrogen and oxygen atoms in total. The highest BCUT2D eigenvalue weighted by Crippen LogP contribution is 2.06. The molecule has 0 aliphatic rings. The molecule has 0 aromatic heterocycles. The van der Waals surface area contributed by atoms with Gasteiger partial charge in [-0.25, -0.2) is 0 Å². The second kappa shape index (κ2) is 11.0. The minimum absolute atomic E-state index is 0.381. The van der Waals surface area contributed by atoms with E-state index in [-0.39, 0.29) is 6.10 Å². The first-order valence-corrected chi connectivity index (χ1v) is 7.05. The molecule has 0 rings (SSSR count). The number of aliphatic hydroxyl groups is 1. The van der Waals surface area contributed by atoms with Gasteiger partial charge in [-0.1, -0.05) is 27.2 Å². The number of aliphatic hydroxyl groups excluding tert-OH is 1. The lowest BCUT2D eigenvalue weighted by Gasteiger charge is -2.18. The van der Waals surface area contributed by atoms with Crippen LogP contribution in [0.5, 0.6) is 0 Å². The molecular formula is C14H31NO2. The van der Waals surface area contributed by atoms with Gasteiger partial charge in [0.15, 0.2) is 0 Å². The van der Waals surface area contributed by atoms with Gasteiger partial charge in [-0.15, -0.1) is 0 Å². The summed E-state index contributed by atoms with van der Waals surface area (Å²) in [5, 5.41) is 13.0. The van der Waals surface area contributed by atoms with Crippen molar-refractivity contribution in [3.05, 3.63) is 0 Å². The van der Waals surface area contributed by atoms with Gasteiger partial charge >= 0.3 is 0 Å². The van der Waals surface area contributed by atoms with Gasteiger partial charge in [-0.2, -0.15) is 0 Å². The lowest BCUT2D eigenvalue weighted by Crippen LogP contribution is -2.36. The van der Waals surface area contributed by atoms with E-state index in [1.54, 1.807) is 0 Å². The van der Waals surface area contributed by atoms with Crippen molar-refractivity contribution < 1.29 is 9.84 Å². The molecule has 2 atom stereocenters. The zero-order valence-electron chi connectivity index (χ0n) is 12.0. The fourth-order valence-electron chi connectivity index (χ4n) is 1.55. The molecule has 0 fully saturated rings. The molecule has 0 amide bonds. The Morgan fingerprint density at radius 1 is 1.18 bits per heavy atom. The van der Waals surface area contributed by atoms with Crippen molar-refractivity contribution in [1.29, 1.82) is 0 Å². The van der Waals surface area contributed by atoms with E-state index in [1.807, 2.05) is 0 Å². The third-order valence-corrected chi connectivity index (χ3v) is 2.83. The van der Waals surface area contributed by atoms with Crippen molar-refractivity contribution in [2.24, 2.45) is 5.92 Å². The third-order valence-electron chi connectivity index (χ3n) is 2.83. The number of rotatable bonds is 11. The number of ether oxygens (including phenoxy) is 1. The van der Waals surface area contributed by atoms with Gasteiger partial charge < -0.3 is 15.2 Å². The van der Waals surface area contributed by atoms with Crippen LogP contribution in [0.3, 0.4) is 0 Å². The maximum absolute atomic E-state index is 9.69. The van der Waals surface area contributed by atoms with Crippen molar-refractivity contribution >= 4 is 0 Å². The zero-order chi connectivity index (χ0) is 13.1. The molecular weight excluding hydrogens is 214 g/mol. The summed E-state index contributed by atoms with van der Waals surface area (Å²) in [6, 6.07) is 0.475. The number of hydrogen-bond acceptors (Lipinski definition) is 3. The van der Waals surface area contributed by atoms with E-state index in [1.165, 1.54) is 12.8 Å². The average molecular weight is 245 g/mol. The summed E-state index contributed by atoms with van der Waals surface area (Å²) >= 11 is 0. The van der Waals surface area contributed by atoms with Gasteiger partial charge in [-0.3, -0.25) is 0 Å². The SMILES string of the molecule is CCCCOCC(O)CNC(C)CCC(C)C. The summed E-state index contributed by atoms with van der Waals surface area (Å²) in [4.78, 5) is 0. The first-order valence-electron chi connectivity index (χ1n) is 7.05. The fourth-order valence-corrected chi connectivity index (χ4v) is 1.55. The van der Waals surface area contributed by atoms with Gasteiger partial charge in [0.2, 0.25) is 0 Å². The summed E-state index contributed by atoms with van der Waals surface area (Å²) in [5.74, 6) is 0.751. The third kappa shape index (κ3) is 12.1. The molecule has 104 valence electrons. The molecule has 0 aliphatic carbocycles. The van der Waals surface area contributed by atoms with E-state index < -0.39 is 0 Å². The molecule has 3 heteroatoms. The second-order valence-corrected chi connectivity index (χ2v) is 5.36. The molecule has 0 heterocycles. The van der Waals surface area contributed by atoms with Crippen LogP contribution >= 0.6 is 0 Å². The Hall–Kier alpha value is -0.120. The molecule has 0 saturated heterocycles. The van der Waals surface area contributed by atoms with Crippen molar-refractivity contribution in [3.63, 3.8) is 0 Å². The van der Waals surface area contributed by atoms with E-state index in [9.17, 15) is 5.11 Å². The molecule has 0 spiro atoms. The normalized spacial score (nSPS) is 15.2. The van der Waals surface area contributed by atoms with Crippen molar-refractivity contribution in [2.75, 3.05) is 19.8 Å². The van der Waals surface area contributed by atoms with Crippen molar-refractivity contribution in [2.45, 2.75) is 65.5 Å². The van der Waals surface area contributed by atoms with Gasteiger partial charge in [0.05, 0.1) is 12.7 Å². The molecule has 2 N–H and O–H groups in total. The highest BCUT2D eigenvalue weighted by atomic mass is 16.5. The predicted octanol–water partition coefficient (Wildman–Crippen LogP) is 2.58. The van der Waals surface area contributed by atoms with Crippen LogP contribution in [-0.4, -0.2) is 37.0 Å². The van der Waals surface area contributed by atoms with E-state index in [0.717, 1.165) is 25.4 Å². The molecule has 0 aliphatic heterocycles. The average Bonchev–Trinajstić information content (AvgIpc) is 2.29. The Labute approximate surface area is 107 Å². The lowest BCUT2D eigenvalue weighted by molar-refractivity contribution is 0.0346. The predicted molar refractivity (Wildman–Crippen MR) is 73.3 cm³/mol.